The molecule has 0 aliphatic carbocycles. The molecular weight excluding hydrogens is 320 g/mol. The maximum absolute atomic E-state index is 8.75. The van der Waals surface area contributed by atoms with Crippen molar-refractivity contribution < 1.29 is 9.15 Å². The zero-order valence-electron chi connectivity index (χ0n) is 13.0. The van der Waals surface area contributed by atoms with Crippen LogP contribution in [0.1, 0.15) is 11.3 Å². The molecule has 5 heteroatoms. The molecule has 3 rings (SSSR count). The predicted octanol–water partition coefficient (Wildman–Crippen LogP) is 4.53. The van der Waals surface area contributed by atoms with Gasteiger partial charge in [-0.15, -0.1) is 0 Å². The zero-order chi connectivity index (χ0) is 16.6. The number of ether oxygens (including phenoxy) is 1. The number of rotatable bonds is 7. The molecule has 24 heavy (non-hydrogen) atoms. The molecule has 1 heterocycles. The Morgan fingerprint density at radius 3 is 2.62 bits per heavy atom. The van der Waals surface area contributed by atoms with E-state index in [0.29, 0.717) is 18.1 Å². The van der Waals surface area contributed by atoms with E-state index in [2.05, 4.69) is 11.1 Å². The Morgan fingerprint density at radius 2 is 1.88 bits per heavy atom. The molecule has 0 aliphatic rings. The van der Waals surface area contributed by atoms with Crippen LogP contribution in [0.2, 0.25) is 0 Å². The Labute approximate surface area is 145 Å². The smallest absolute Gasteiger partial charge is 0.226 e. The monoisotopic (exact) mass is 336 g/mol. The number of aromatic nitrogens is 1. The van der Waals surface area contributed by atoms with Crippen LogP contribution in [-0.4, -0.2) is 17.3 Å². The van der Waals surface area contributed by atoms with Crippen LogP contribution in [0.3, 0.4) is 0 Å². The number of oxazole rings is 1. The highest BCUT2D eigenvalue weighted by molar-refractivity contribution is 7.98. The molecular formula is C19H16N2O2S. The van der Waals surface area contributed by atoms with Crippen LogP contribution in [0.4, 0.5) is 0 Å². The van der Waals surface area contributed by atoms with Gasteiger partial charge in [0.1, 0.15) is 12.0 Å². The predicted molar refractivity (Wildman–Crippen MR) is 94.8 cm³/mol. The first-order valence-electron chi connectivity index (χ1n) is 7.56. The lowest BCUT2D eigenvalue weighted by molar-refractivity contribution is 0.344. The van der Waals surface area contributed by atoms with Crippen LogP contribution in [-0.2, 0) is 5.75 Å². The molecule has 0 saturated heterocycles. The number of thioether (sulfide) groups is 1. The standard InChI is InChI=1S/C19H16N2O2S/c20-12-15-6-8-18(9-7-15)22-10-11-24-14-17-13-23-19(21-17)16-4-2-1-3-5-16/h1-9,13H,10-11,14H2. The summed E-state index contributed by atoms with van der Waals surface area (Å²) in [6, 6.07) is 19.1. The third kappa shape index (κ3) is 4.40. The van der Waals surface area contributed by atoms with Crippen molar-refractivity contribution in [2.75, 3.05) is 12.4 Å². The molecule has 0 radical (unpaired) electrons. The van der Waals surface area contributed by atoms with Crippen molar-refractivity contribution in [3.05, 3.63) is 72.1 Å². The van der Waals surface area contributed by atoms with Gasteiger partial charge >= 0.3 is 0 Å². The van der Waals surface area contributed by atoms with E-state index in [1.54, 1.807) is 30.2 Å². The summed E-state index contributed by atoms with van der Waals surface area (Å²) in [6.07, 6.45) is 1.71. The molecule has 0 bridgehead atoms. The summed E-state index contributed by atoms with van der Waals surface area (Å²) in [5.74, 6) is 3.07. The molecule has 0 unspecified atom stereocenters. The van der Waals surface area contributed by atoms with E-state index in [1.807, 2.05) is 42.5 Å². The van der Waals surface area contributed by atoms with E-state index >= 15 is 0 Å². The van der Waals surface area contributed by atoms with Crippen LogP contribution >= 0.6 is 11.8 Å². The lowest BCUT2D eigenvalue weighted by Gasteiger charge is -2.05. The molecule has 0 N–H and O–H groups in total. The molecule has 120 valence electrons. The minimum atomic E-state index is 0.611. The maximum Gasteiger partial charge on any atom is 0.226 e. The first kappa shape index (κ1) is 16.2. The zero-order valence-corrected chi connectivity index (χ0v) is 13.8. The third-order valence-corrected chi connectivity index (χ3v) is 4.26. The largest absolute Gasteiger partial charge is 0.493 e. The highest BCUT2D eigenvalue weighted by Gasteiger charge is 2.06. The molecule has 0 amide bonds. The summed E-state index contributed by atoms with van der Waals surface area (Å²) >= 11 is 1.74. The van der Waals surface area contributed by atoms with E-state index in [1.165, 1.54) is 0 Å². The third-order valence-electron chi connectivity index (χ3n) is 3.30. The second-order valence-electron chi connectivity index (χ2n) is 5.05. The molecule has 1 aromatic heterocycles. The van der Waals surface area contributed by atoms with Gasteiger partial charge in [-0.25, -0.2) is 4.98 Å². The average molecular weight is 336 g/mol. The van der Waals surface area contributed by atoms with Crippen molar-refractivity contribution in [3.63, 3.8) is 0 Å². The fraction of sp³-hybridized carbons (Fsp3) is 0.158. The Kier molecular flexibility index (Phi) is 5.54. The fourth-order valence-electron chi connectivity index (χ4n) is 2.11. The van der Waals surface area contributed by atoms with E-state index in [9.17, 15) is 0 Å². The van der Waals surface area contributed by atoms with Gasteiger partial charge in [0.05, 0.1) is 23.9 Å². The van der Waals surface area contributed by atoms with Crippen LogP contribution in [0.5, 0.6) is 5.75 Å². The number of nitrogens with zero attached hydrogens (tertiary/aromatic N) is 2. The SMILES string of the molecule is N#Cc1ccc(OCCSCc2coc(-c3ccccc3)n2)cc1. The Balaban J connectivity index is 1.41. The summed E-state index contributed by atoms with van der Waals surface area (Å²) in [6.45, 7) is 0.611. The van der Waals surface area contributed by atoms with Gasteiger partial charge in [-0.3, -0.25) is 0 Å². The Bertz CT molecular complexity index is 807. The number of hydrogen-bond acceptors (Lipinski definition) is 5. The first-order valence-corrected chi connectivity index (χ1v) is 8.71. The summed E-state index contributed by atoms with van der Waals surface area (Å²) in [4.78, 5) is 4.50. The van der Waals surface area contributed by atoms with Gasteiger partial charge in [0, 0.05) is 17.1 Å². The molecule has 0 atom stereocenters. The van der Waals surface area contributed by atoms with Crippen molar-refractivity contribution in [2.24, 2.45) is 0 Å². The van der Waals surface area contributed by atoms with E-state index in [4.69, 9.17) is 14.4 Å². The van der Waals surface area contributed by atoms with Gasteiger partial charge in [-0.1, -0.05) is 18.2 Å². The second-order valence-corrected chi connectivity index (χ2v) is 6.15. The number of hydrogen-bond donors (Lipinski definition) is 0. The molecule has 2 aromatic carbocycles. The summed E-state index contributed by atoms with van der Waals surface area (Å²) in [5.41, 5.74) is 2.55. The lowest BCUT2D eigenvalue weighted by Crippen LogP contribution is -2.00. The number of nitriles is 1. The van der Waals surface area contributed by atoms with Crippen LogP contribution in [0.25, 0.3) is 11.5 Å². The van der Waals surface area contributed by atoms with Gasteiger partial charge in [0.15, 0.2) is 0 Å². The molecule has 0 aliphatic heterocycles. The summed E-state index contributed by atoms with van der Waals surface area (Å²) < 4.78 is 11.2. The minimum absolute atomic E-state index is 0.611. The van der Waals surface area contributed by atoms with Gasteiger partial charge in [-0.05, 0) is 36.4 Å². The van der Waals surface area contributed by atoms with Crippen molar-refractivity contribution >= 4 is 11.8 Å². The first-order chi connectivity index (χ1) is 11.8. The van der Waals surface area contributed by atoms with Crippen molar-refractivity contribution in [1.29, 1.82) is 5.26 Å². The Hall–Kier alpha value is -2.71. The molecule has 4 nitrogen and oxygen atoms in total. The van der Waals surface area contributed by atoms with Gasteiger partial charge in [-0.2, -0.15) is 17.0 Å². The van der Waals surface area contributed by atoms with Crippen molar-refractivity contribution in [2.45, 2.75) is 5.75 Å². The molecule has 0 spiro atoms. The van der Waals surface area contributed by atoms with E-state index < -0.39 is 0 Å². The molecule has 0 saturated carbocycles. The highest BCUT2D eigenvalue weighted by atomic mass is 32.2. The maximum atomic E-state index is 8.75. The van der Waals surface area contributed by atoms with Crippen molar-refractivity contribution in [3.8, 4) is 23.3 Å². The summed E-state index contributed by atoms with van der Waals surface area (Å²) in [5, 5.41) is 8.75. The molecule has 0 fully saturated rings. The second kappa shape index (κ2) is 8.23. The highest BCUT2D eigenvalue weighted by Crippen LogP contribution is 2.20. The van der Waals surface area contributed by atoms with Crippen LogP contribution in [0, 0.1) is 11.3 Å². The van der Waals surface area contributed by atoms with Crippen molar-refractivity contribution in [1.82, 2.24) is 4.98 Å². The normalized spacial score (nSPS) is 10.3. The fourth-order valence-corrected chi connectivity index (χ4v) is 2.79. The van der Waals surface area contributed by atoms with Gasteiger partial charge in [0.25, 0.3) is 0 Å². The van der Waals surface area contributed by atoms with E-state index in [0.717, 1.165) is 28.5 Å². The minimum Gasteiger partial charge on any atom is -0.493 e. The van der Waals surface area contributed by atoms with E-state index in [-0.39, 0.29) is 0 Å². The van der Waals surface area contributed by atoms with Crippen LogP contribution in [0.15, 0.2) is 65.3 Å². The van der Waals surface area contributed by atoms with Crippen LogP contribution < -0.4 is 4.74 Å². The van der Waals surface area contributed by atoms with Gasteiger partial charge in [0.2, 0.25) is 5.89 Å². The summed E-state index contributed by atoms with van der Waals surface area (Å²) in [7, 11) is 0. The number of benzene rings is 2. The average Bonchev–Trinajstić information content (AvgIpc) is 3.12. The Morgan fingerprint density at radius 1 is 1.08 bits per heavy atom. The topological polar surface area (TPSA) is 59.0 Å². The lowest BCUT2D eigenvalue weighted by atomic mass is 10.2. The van der Waals surface area contributed by atoms with Gasteiger partial charge < -0.3 is 9.15 Å². The molecule has 3 aromatic rings. The quantitative estimate of drug-likeness (QED) is 0.593.